The van der Waals surface area contributed by atoms with Crippen molar-refractivity contribution in [3.8, 4) is 0 Å². The molecule has 0 saturated carbocycles. The van der Waals surface area contributed by atoms with E-state index in [1.54, 1.807) is 40.9 Å². The lowest BCUT2D eigenvalue weighted by atomic mass is 10.1. The molecule has 24 heavy (non-hydrogen) atoms. The van der Waals surface area contributed by atoms with Crippen molar-refractivity contribution in [2.75, 3.05) is 11.2 Å². The van der Waals surface area contributed by atoms with E-state index in [2.05, 4.69) is 6.07 Å². The van der Waals surface area contributed by atoms with Gasteiger partial charge in [0.05, 0.1) is 22.4 Å². The lowest BCUT2D eigenvalue weighted by Gasteiger charge is -2.32. The second-order valence-corrected chi connectivity index (χ2v) is 9.47. The highest BCUT2D eigenvalue weighted by Gasteiger charge is 2.30. The van der Waals surface area contributed by atoms with E-state index in [0.717, 1.165) is 16.1 Å². The van der Waals surface area contributed by atoms with Crippen LogP contribution < -0.4 is 4.90 Å². The Morgan fingerprint density at radius 3 is 2.42 bits per heavy atom. The fraction of sp³-hybridized carbons (Fsp3) is 0.278. The topological polar surface area (TPSA) is 54.5 Å². The summed E-state index contributed by atoms with van der Waals surface area (Å²) in [6.07, 6.45) is 1.19. The minimum absolute atomic E-state index is 0.0727. The van der Waals surface area contributed by atoms with Crippen LogP contribution in [0.2, 0.25) is 0 Å². The predicted molar refractivity (Wildman–Crippen MR) is 97.2 cm³/mol. The fourth-order valence-electron chi connectivity index (χ4n) is 2.71. The summed E-state index contributed by atoms with van der Waals surface area (Å²) in [5, 5.41) is -0.130. The number of rotatable bonds is 3. The van der Waals surface area contributed by atoms with Crippen LogP contribution in [0.15, 0.2) is 52.3 Å². The van der Waals surface area contributed by atoms with Crippen molar-refractivity contribution in [3.63, 3.8) is 0 Å². The summed E-state index contributed by atoms with van der Waals surface area (Å²) in [5.41, 5.74) is 2.99. The van der Waals surface area contributed by atoms with Crippen molar-refractivity contribution in [1.29, 1.82) is 0 Å². The minimum atomic E-state index is -3.21. The van der Waals surface area contributed by atoms with E-state index < -0.39 is 9.84 Å². The molecule has 0 radical (unpaired) electrons. The average molecular weight is 361 g/mol. The number of nitrogens with zero attached hydrogens (tertiary/aromatic N) is 1. The Balaban J connectivity index is 1.93. The van der Waals surface area contributed by atoms with Crippen molar-refractivity contribution >= 4 is 33.2 Å². The zero-order valence-corrected chi connectivity index (χ0v) is 15.4. The molecule has 0 fully saturated rings. The summed E-state index contributed by atoms with van der Waals surface area (Å²) in [6, 6.07) is 12.8. The highest BCUT2D eigenvalue weighted by Crippen LogP contribution is 2.40. The summed E-state index contributed by atoms with van der Waals surface area (Å²) < 4.78 is 23.1. The lowest BCUT2D eigenvalue weighted by Crippen LogP contribution is -2.39. The van der Waals surface area contributed by atoms with E-state index in [0.29, 0.717) is 6.54 Å². The zero-order valence-electron chi connectivity index (χ0n) is 13.8. The van der Waals surface area contributed by atoms with E-state index in [1.165, 1.54) is 11.8 Å². The number of carbonyl (C=O) groups is 1. The number of hydrogen-bond donors (Lipinski definition) is 0. The molecule has 1 atom stereocenters. The third kappa shape index (κ3) is 3.35. The van der Waals surface area contributed by atoms with Crippen molar-refractivity contribution in [1.82, 2.24) is 0 Å². The van der Waals surface area contributed by atoms with E-state index in [1.807, 2.05) is 26.0 Å². The van der Waals surface area contributed by atoms with Gasteiger partial charge in [-0.1, -0.05) is 18.2 Å². The molecule has 1 amide bonds. The molecule has 126 valence electrons. The molecule has 2 aromatic rings. The molecule has 0 aliphatic carbocycles. The van der Waals surface area contributed by atoms with Gasteiger partial charge in [-0.3, -0.25) is 4.79 Å². The van der Waals surface area contributed by atoms with Gasteiger partial charge in [-0.2, -0.15) is 0 Å². The van der Waals surface area contributed by atoms with Crippen molar-refractivity contribution in [3.05, 3.63) is 53.6 Å². The normalized spacial score (nSPS) is 17.7. The Morgan fingerprint density at radius 1 is 1.12 bits per heavy atom. The molecule has 3 rings (SSSR count). The second-order valence-electron chi connectivity index (χ2n) is 6.07. The van der Waals surface area contributed by atoms with Gasteiger partial charge in [0.2, 0.25) is 5.91 Å². The number of aryl methyl sites for hydroxylation is 1. The van der Waals surface area contributed by atoms with Crippen LogP contribution >= 0.6 is 11.8 Å². The first-order valence-electron chi connectivity index (χ1n) is 7.63. The molecule has 4 nitrogen and oxygen atoms in total. The van der Waals surface area contributed by atoms with Gasteiger partial charge in [0.25, 0.3) is 0 Å². The smallest absolute Gasteiger partial charge is 0.240 e. The van der Waals surface area contributed by atoms with Gasteiger partial charge in [0.1, 0.15) is 0 Å². The molecule has 6 heteroatoms. The quantitative estimate of drug-likeness (QED) is 0.840. The van der Waals surface area contributed by atoms with Crippen molar-refractivity contribution in [2.45, 2.75) is 35.4 Å². The van der Waals surface area contributed by atoms with Crippen molar-refractivity contribution < 1.29 is 13.2 Å². The Kier molecular flexibility index (Phi) is 4.44. The maximum atomic E-state index is 12.6. The highest BCUT2D eigenvalue weighted by atomic mass is 32.2. The Morgan fingerprint density at radius 2 is 1.79 bits per heavy atom. The first-order chi connectivity index (χ1) is 11.3. The van der Waals surface area contributed by atoms with Gasteiger partial charge in [-0.15, -0.1) is 11.8 Å². The van der Waals surface area contributed by atoms with Crippen LogP contribution in [-0.4, -0.2) is 25.8 Å². The minimum Gasteiger partial charge on any atom is -0.306 e. The summed E-state index contributed by atoms with van der Waals surface area (Å²) in [5.74, 6) is 0.0727. The highest BCUT2D eigenvalue weighted by molar-refractivity contribution is 8.01. The number of carbonyl (C=O) groups excluding carboxylic acids is 1. The van der Waals surface area contributed by atoms with Crippen LogP contribution in [0.5, 0.6) is 0 Å². The lowest BCUT2D eigenvalue weighted by molar-refractivity contribution is -0.118. The summed E-state index contributed by atoms with van der Waals surface area (Å²) >= 11 is 1.58. The zero-order chi connectivity index (χ0) is 17.5. The monoisotopic (exact) mass is 361 g/mol. The summed E-state index contributed by atoms with van der Waals surface area (Å²) in [4.78, 5) is 15.8. The van der Waals surface area contributed by atoms with Crippen LogP contribution in [0.25, 0.3) is 0 Å². The molecule has 0 aromatic heterocycles. The van der Waals surface area contributed by atoms with Gasteiger partial charge in [0.15, 0.2) is 9.84 Å². The Hall–Kier alpha value is -1.79. The molecule has 1 unspecified atom stereocenters. The Labute approximate surface area is 146 Å². The SMILES string of the molecule is Cc1ccc2c(c1)SC(C)C(=O)N2Cc1ccc(S(C)(=O)=O)cc1. The number of anilines is 1. The molecular weight excluding hydrogens is 342 g/mol. The van der Waals surface area contributed by atoms with Crippen LogP contribution in [0.1, 0.15) is 18.1 Å². The number of sulfone groups is 1. The van der Waals surface area contributed by atoms with Crippen LogP contribution in [0.4, 0.5) is 5.69 Å². The number of hydrogen-bond acceptors (Lipinski definition) is 4. The van der Waals surface area contributed by atoms with Gasteiger partial charge in [-0.05, 0) is 49.2 Å². The number of thioether (sulfide) groups is 1. The molecule has 0 bridgehead atoms. The van der Waals surface area contributed by atoms with Crippen LogP contribution in [-0.2, 0) is 21.2 Å². The van der Waals surface area contributed by atoms with Crippen molar-refractivity contribution in [2.24, 2.45) is 0 Å². The third-order valence-electron chi connectivity index (χ3n) is 4.02. The van der Waals surface area contributed by atoms with E-state index in [-0.39, 0.29) is 16.1 Å². The second kappa shape index (κ2) is 6.26. The average Bonchev–Trinajstić information content (AvgIpc) is 2.51. The first-order valence-corrected chi connectivity index (χ1v) is 10.4. The molecule has 0 spiro atoms. The fourth-order valence-corrected chi connectivity index (χ4v) is 4.50. The van der Waals surface area contributed by atoms with E-state index >= 15 is 0 Å². The number of amides is 1. The van der Waals surface area contributed by atoms with Gasteiger partial charge < -0.3 is 4.90 Å². The van der Waals surface area contributed by atoms with Gasteiger partial charge in [-0.25, -0.2) is 8.42 Å². The largest absolute Gasteiger partial charge is 0.306 e. The molecular formula is C18H19NO3S2. The van der Waals surface area contributed by atoms with Crippen LogP contribution in [0.3, 0.4) is 0 Å². The summed E-state index contributed by atoms with van der Waals surface area (Å²) in [7, 11) is -3.21. The Bertz CT molecular complexity index is 889. The first kappa shape index (κ1) is 17.0. The number of benzene rings is 2. The summed E-state index contributed by atoms with van der Waals surface area (Å²) in [6.45, 7) is 4.39. The molecule has 0 N–H and O–H groups in total. The maximum Gasteiger partial charge on any atom is 0.240 e. The molecule has 1 heterocycles. The van der Waals surface area contributed by atoms with Crippen LogP contribution in [0, 0.1) is 6.92 Å². The van der Waals surface area contributed by atoms with Gasteiger partial charge >= 0.3 is 0 Å². The van der Waals surface area contributed by atoms with E-state index in [9.17, 15) is 13.2 Å². The van der Waals surface area contributed by atoms with Gasteiger partial charge in [0, 0.05) is 11.2 Å². The standard InChI is InChI=1S/C18H19NO3S2/c1-12-4-9-16-17(10-12)23-13(2)18(20)19(16)11-14-5-7-15(8-6-14)24(3,21)22/h4-10,13H,11H2,1-3H3. The number of fused-ring (bicyclic) bond motifs is 1. The third-order valence-corrected chi connectivity index (χ3v) is 6.28. The van der Waals surface area contributed by atoms with E-state index in [4.69, 9.17) is 0 Å². The molecule has 2 aromatic carbocycles. The predicted octanol–water partition coefficient (Wildman–Crippen LogP) is 3.43. The maximum absolute atomic E-state index is 12.6. The molecule has 1 aliphatic heterocycles. The molecule has 0 saturated heterocycles. The molecule has 1 aliphatic rings.